The Morgan fingerprint density at radius 2 is 2.21 bits per heavy atom. The molecule has 0 bridgehead atoms. The molecule has 1 atom stereocenters. The molecular formula is C13H17BrClNO2S. The summed E-state index contributed by atoms with van der Waals surface area (Å²) < 4.78 is 27.5. The Labute approximate surface area is 128 Å². The van der Waals surface area contributed by atoms with Crippen LogP contribution in [0.1, 0.15) is 26.2 Å². The van der Waals surface area contributed by atoms with E-state index in [0.29, 0.717) is 23.5 Å². The molecule has 0 aliphatic carbocycles. The highest BCUT2D eigenvalue weighted by atomic mass is 79.9. The molecule has 0 saturated carbocycles. The molecule has 0 spiro atoms. The minimum Gasteiger partial charge on any atom is -0.207 e. The normalized spacial score (nSPS) is 21.5. The van der Waals surface area contributed by atoms with Crippen LogP contribution < -0.4 is 0 Å². The van der Waals surface area contributed by atoms with Gasteiger partial charge in [-0.2, -0.15) is 4.31 Å². The molecule has 1 saturated heterocycles. The van der Waals surface area contributed by atoms with Crippen LogP contribution in [0.25, 0.3) is 0 Å². The molecule has 0 radical (unpaired) electrons. The van der Waals surface area contributed by atoms with Crippen LogP contribution in [0.5, 0.6) is 0 Å². The van der Waals surface area contributed by atoms with Crippen LogP contribution in [0, 0.1) is 5.92 Å². The fraction of sp³-hybridized carbons (Fsp3) is 0.538. The fourth-order valence-electron chi connectivity index (χ4n) is 2.44. The van der Waals surface area contributed by atoms with E-state index in [1.165, 1.54) is 0 Å². The molecule has 106 valence electrons. The number of rotatable bonds is 3. The van der Waals surface area contributed by atoms with Gasteiger partial charge in [0.15, 0.2) is 0 Å². The van der Waals surface area contributed by atoms with Crippen molar-refractivity contribution in [3.63, 3.8) is 0 Å². The average molecular weight is 367 g/mol. The average Bonchev–Trinajstić information content (AvgIpc) is 2.38. The molecule has 2 rings (SSSR count). The van der Waals surface area contributed by atoms with E-state index in [1.807, 2.05) is 0 Å². The first-order valence-electron chi connectivity index (χ1n) is 6.41. The Hall–Kier alpha value is -0.100. The van der Waals surface area contributed by atoms with Gasteiger partial charge in [-0.3, -0.25) is 0 Å². The van der Waals surface area contributed by atoms with Crippen LogP contribution in [0.3, 0.4) is 0 Å². The van der Waals surface area contributed by atoms with Gasteiger partial charge in [0.1, 0.15) is 4.90 Å². The summed E-state index contributed by atoms with van der Waals surface area (Å²) in [4.78, 5) is 0.188. The lowest BCUT2D eigenvalue weighted by atomic mass is 9.97. The third-order valence-electron chi connectivity index (χ3n) is 3.58. The number of benzene rings is 1. The summed E-state index contributed by atoms with van der Waals surface area (Å²) in [5.41, 5.74) is 0. The Morgan fingerprint density at radius 3 is 2.84 bits per heavy atom. The van der Waals surface area contributed by atoms with Crippen LogP contribution >= 0.6 is 27.5 Å². The standard InChI is InChI=1S/C13H17BrClNO2S/c1-2-10-5-4-8-16(9-10)19(17,18)13-11(14)6-3-7-12(13)15/h3,6-7,10H,2,4-5,8-9H2,1H3. The molecule has 1 unspecified atom stereocenters. The van der Waals surface area contributed by atoms with Gasteiger partial charge in [0.25, 0.3) is 0 Å². The lowest BCUT2D eigenvalue weighted by Crippen LogP contribution is -2.39. The van der Waals surface area contributed by atoms with Gasteiger partial charge in [0.2, 0.25) is 10.0 Å². The Kier molecular flexibility index (Phi) is 4.93. The van der Waals surface area contributed by atoms with Gasteiger partial charge in [-0.15, -0.1) is 0 Å². The summed E-state index contributed by atoms with van der Waals surface area (Å²) >= 11 is 9.36. The molecule has 1 fully saturated rings. The predicted molar refractivity (Wildman–Crippen MR) is 80.9 cm³/mol. The van der Waals surface area contributed by atoms with Crippen molar-refractivity contribution in [3.05, 3.63) is 27.7 Å². The smallest absolute Gasteiger partial charge is 0.207 e. The van der Waals surface area contributed by atoms with E-state index in [1.54, 1.807) is 22.5 Å². The number of sulfonamides is 1. The molecule has 1 aromatic rings. The maximum atomic E-state index is 12.7. The first-order chi connectivity index (χ1) is 8.96. The van der Waals surface area contributed by atoms with Gasteiger partial charge in [-0.05, 0) is 46.8 Å². The van der Waals surface area contributed by atoms with E-state index in [2.05, 4.69) is 22.9 Å². The van der Waals surface area contributed by atoms with Crippen molar-refractivity contribution in [1.82, 2.24) is 4.31 Å². The highest BCUT2D eigenvalue weighted by Gasteiger charge is 2.32. The minimum atomic E-state index is -3.51. The molecule has 1 aromatic carbocycles. The Balaban J connectivity index is 2.37. The van der Waals surface area contributed by atoms with Crippen molar-refractivity contribution in [2.24, 2.45) is 5.92 Å². The number of piperidine rings is 1. The molecule has 0 N–H and O–H groups in total. The van der Waals surface area contributed by atoms with Crippen molar-refractivity contribution in [2.75, 3.05) is 13.1 Å². The van der Waals surface area contributed by atoms with Crippen molar-refractivity contribution in [2.45, 2.75) is 31.1 Å². The van der Waals surface area contributed by atoms with Gasteiger partial charge in [-0.25, -0.2) is 8.42 Å². The van der Waals surface area contributed by atoms with E-state index < -0.39 is 10.0 Å². The van der Waals surface area contributed by atoms with E-state index in [4.69, 9.17) is 11.6 Å². The predicted octanol–water partition coefficient (Wildman–Crippen LogP) is 3.91. The zero-order valence-corrected chi connectivity index (χ0v) is 13.9. The SMILES string of the molecule is CCC1CCCN(S(=O)(=O)c2c(Cl)cccc2Br)C1. The fourth-order valence-corrected chi connectivity index (χ4v) is 5.66. The first-order valence-corrected chi connectivity index (χ1v) is 9.02. The second kappa shape index (κ2) is 6.12. The lowest BCUT2D eigenvalue weighted by molar-refractivity contribution is 0.261. The second-order valence-electron chi connectivity index (χ2n) is 4.83. The summed E-state index contributed by atoms with van der Waals surface area (Å²) in [6, 6.07) is 5.05. The van der Waals surface area contributed by atoms with Gasteiger partial charge < -0.3 is 0 Å². The first kappa shape index (κ1) is 15.3. The quantitative estimate of drug-likeness (QED) is 0.813. The zero-order chi connectivity index (χ0) is 14.0. The van der Waals surface area contributed by atoms with Crippen molar-refractivity contribution in [3.8, 4) is 0 Å². The third kappa shape index (κ3) is 3.15. The Morgan fingerprint density at radius 1 is 1.47 bits per heavy atom. The summed E-state index contributed by atoms with van der Waals surface area (Å²) in [6.45, 7) is 3.28. The van der Waals surface area contributed by atoms with Crippen LogP contribution in [0.15, 0.2) is 27.6 Å². The maximum absolute atomic E-state index is 12.7. The number of halogens is 2. The molecule has 1 heterocycles. The zero-order valence-electron chi connectivity index (χ0n) is 10.8. The molecule has 3 nitrogen and oxygen atoms in total. The minimum absolute atomic E-state index is 0.188. The number of hydrogen-bond donors (Lipinski definition) is 0. The van der Waals surface area contributed by atoms with E-state index >= 15 is 0 Å². The topological polar surface area (TPSA) is 37.4 Å². The second-order valence-corrected chi connectivity index (χ2v) is 7.97. The van der Waals surface area contributed by atoms with E-state index in [-0.39, 0.29) is 9.92 Å². The van der Waals surface area contributed by atoms with Gasteiger partial charge in [0.05, 0.1) is 5.02 Å². The summed E-state index contributed by atoms with van der Waals surface area (Å²) in [5, 5.41) is 0.271. The van der Waals surface area contributed by atoms with Crippen LogP contribution in [-0.2, 0) is 10.0 Å². The molecular weight excluding hydrogens is 350 g/mol. The highest BCUT2D eigenvalue weighted by Crippen LogP contribution is 2.33. The monoisotopic (exact) mass is 365 g/mol. The van der Waals surface area contributed by atoms with E-state index in [0.717, 1.165) is 19.3 Å². The highest BCUT2D eigenvalue weighted by molar-refractivity contribution is 9.10. The molecule has 19 heavy (non-hydrogen) atoms. The summed E-state index contributed by atoms with van der Waals surface area (Å²) in [7, 11) is -3.51. The molecule has 0 aromatic heterocycles. The van der Waals surface area contributed by atoms with Crippen molar-refractivity contribution < 1.29 is 8.42 Å². The molecule has 6 heteroatoms. The van der Waals surface area contributed by atoms with Crippen LogP contribution in [-0.4, -0.2) is 25.8 Å². The number of hydrogen-bond acceptors (Lipinski definition) is 2. The number of nitrogens with zero attached hydrogens (tertiary/aromatic N) is 1. The third-order valence-corrected chi connectivity index (χ3v) is 6.89. The summed E-state index contributed by atoms with van der Waals surface area (Å²) in [5.74, 6) is 0.449. The molecule has 0 amide bonds. The van der Waals surface area contributed by atoms with Crippen molar-refractivity contribution in [1.29, 1.82) is 0 Å². The molecule has 1 aliphatic heterocycles. The van der Waals surface area contributed by atoms with Gasteiger partial charge in [0, 0.05) is 17.6 Å². The largest absolute Gasteiger partial charge is 0.245 e. The van der Waals surface area contributed by atoms with Gasteiger partial charge >= 0.3 is 0 Å². The summed E-state index contributed by atoms with van der Waals surface area (Å²) in [6.07, 6.45) is 3.03. The van der Waals surface area contributed by atoms with Crippen molar-refractivity contribution >= 4 is 37.6 Å². The lowest BCUT2D eigenvalue weighted by Gasteiger charge is -2.31. The molecule has 1 aliphatic rings. The Bertz CT molecular complexity index is 542. The van der Waals surface area contributed by atoms with E-state index in [9.17, 15) is 8.42 Å². The van der Waals surface area contributed by atoms with Crippen LogP contribution in [0.2, 0.25) is 5.02 Å². The van der Waals surface area contributed by atoms with Gasteiger partial charge in [-0.1, -0.05) is 31.0 Å². The maximum Gasteiger partial charge on any atom is 0.245 e. The van der Waals surface area contributed by atoms with Crippen LogP contribution in [0.4, 0.5) is 0 Å².